The predicted octanol–water partition coefficient (Wildman–Crippen LogP) is 2.01. The van der Waals surface area contributed by atoms with Gasteiger partial charge in [0.1, 0.15) is 5.75 Å². The second-order valence-electron chi connectivity index (χ2n) is 3.75. The summed E-state index contributed by atoms with van der Waals surface area (Å²) in [6.45, 7) is 2.01. The summed E-state index contributed by atoms with van der Waals surface area (Å²) in [5.74, 6) is 6.49. The summed E-state index contributed by atoms with van der Waals surface area (Å²) in [6.07, 6.45) is 3.64. The normalized spacial score (nSPS) is 12.4. The number of pyridine rings is 1. The maximum absolute atomic E-state index is 5.64. The van der Waals surface area contributed by atoms with Crippen molar-refractivity contribution in [2.75, 3.05) is 7.11 Å². The molecule has 4 nitrogen and oxygen atoms in total. The minimum atomic E-state index is -0.0858. The summed E-state index contributed by atoms with van der Waals surface area (Å²) in [4.78, 5) is 5.24. The monoisotopic (exact) mass is 249 g/mol. The number of nitrogens with one attached hydrogen (secondary N) is 1. The molecule has 5 heteroatoms. The third-order valence-electron chi connectivity index (χ3n) is 2.54. The first-order chi connectivity index (χ1) is 8.26. The van der Waals surface area contributed by atoms with E-state index in [0.717, 1.165) is 21.8 Å². The van der Waals surface area contributed by atoms with Crippen molar-refractivity contribution in [3.8, 4) is 5.75 Å². The molecule has 3 N–H and O–H groups in total. The van der Waals surface area contributed by atoms with E-state index in [-0.39, 0.29) is 6.04 Å². The van der Waals surface area contributed by atoms with Gasteiger partial charge in [0.2, 0.25) is 0 Å². The number of ether oxygens (including phenoxy) is 1. The molecule has 0 saturated heterocycles. The van der Waals surface area contributed by atoms with E-state index in [4.69, 9.17) is 10.6 Å². The van der Waals surface area contributed by atoms with Gasteiger partial charge in [0.05, 0.1) is 18.0 Å². The van der Waals surface area contributed by atoms with Gasteiger partial charge in [0.15, 0.2) is 0 Å². The average Bonchev–Trinajstić information content (AvgIpc) is 2.78. The smallest absolute Gasteiger partial charge is 0.134 e. The molecular formula is C12H15N3OS. The number of thiophene rings is 1. The van der Waals surface area contributed by atoms with Crippen LogP contribution in [0.2, 0.25) is 0 Å². The first-order valence-corrected chi connectivity index (χ1v) is 6.13. The quantitative estimate of drug-likeness (QED) is 0.643. The Bertz CT molecular complexity index is 498. The highest BCUT2D eigenvalue weighted by molar-refractivity contribution is 7.10. The van der Waals surface area contributed by atoms with E-state index in [1.165, 1.54) is 0 Å². The van der Waals surface area contributed by atoms with E-state index in [1.54, 1.807) is 18.4 Å². The number of rotatable bonds is 4. The highest BCUT2D eigenvalue weighted by Crippen LogP contribution is 2.34. The van der Waals surface area contributed by atoms with Crippen molar-refractivity contribution < 1.29 is 4.74 Å². The minimum Gasteiger partial charge on any atom is -0.496 e. The van der Waals surface area contributed by atoms with Crippen molar-refractivity contribution in [3.05, 3.63) is 45.9 Å². The van der Waals surface area contributed by atoms with Crippen molar-refractivity contribution in [1.29, 1.82) is 0 Å². The molecule has 0 saturated carbocycles. The predicted molar refractivity (Wildman–Crippen MR) is 69.0 cm³/mol. The van der Waals surface area contributed by atoms with Gasteiger partial charge in [-0.15, -0.1) is 11.3 Å². The molecule has 0 fully saturated rings. The van der Waals surface area contributed by atoms with Crippen LogP contribution >= 0.6 is 11.3 Å². The van der Waals surface area contributed by atoms with Gasteiger partial charge in [-0.25, -0.2) is 5.43 Å². The highest BCUT2D eigenvalue weighted by Gasteiger charge is 2.18. The van der Waals surface area contributed by atoms with E-state index in [0.29, 0.717) is 0 Å². The van der Waals surface area contributed by atoms with Crippen molar-refractivity contribution >= 4 is 11.3 Å². The van der Waals surface area contributed by atoms with Gasteiger partial charge in [-0.3, -0.25) is 10.8 Å². The van der Waals surface area contributed by atoms with Crippen LogP contribution in [0.3, 0.4) is 0 Å². The van der Waals surface area contributed by atoms with E-state index < -0.39 is 0 Å². The van der Waals surface area contributed by atoms with Gasteiger partial charge < -0.3 is 4.74 Å². The number of nitrogens with zero attached hydrogens (tertiary/aromatic N) is 1. The van der Waals surface area contributed by atoms with Gasteiger partial charge in [0, 0.05) is 12.4 Å². The summed E-state index contributed by atoms with van der Waals surface area (Å²) < 4.78 is 5.31. The van der Waals surface area contributed by atoms with Crippen LogP contribution in [0.4, 0.5) is 0 Å². The molecule has 0 aliphatic heterocycles. The summed E-state index contributed by atoms with van der Waals surface area (Å²) in [5, 5.41) is 1.99. The standard InChI is InChI=1S/C12H15N3OS/c1-8-5-9(7-14-6-8)11(15-13)12-10(16-2)3-4-17-12/h3-7,11,15H,13H2,1-2H3. The molecule has 1 unspecified atom stereocenters. The Morgan fingerprint density at radius 1 is 1.47 bits per heavy atom. The van der Waals surface area contributed by atoms with Crippen LogP contribution in [-0.2, 0) is 0 Å². The van der Waals surface area contributed by atoms with Gasteiger partial charge >= 0.3 is 0 Å². The van der Waals surface area contributed by atoms with Crippen molar-refractivity contribution in [1.82, 2.24) is 10.4 Å². The van der Waals surface area contributed by atoms with E-state index in [1.807, 2.05) is 30.8 Å². The molecule has 0 aliphatic rings. The molecule has 0 amide bonds. The number of hydrogen-bond acceptors (Lipinski definition) is 5. The molecular weight excluding hydrogens is 234 g/mol. The second-order valence-corrected chi connectivity index (χ2v) is 4.70. The molecule has 2 heterocycles. The fourth-order valence-corrected chi connectivity index (χ4v) is 2.69. The van der Waals surface area contributed by atoms with Crippen molar-refractivity contribution in [3.63, 3.8) is 0 Å². The van der Waals surface area contributed by atoms with Gasteiger partial charge in [-0.2, -0.15) is 0 Å². The van der Waals surface area contributed by atoms with E-state index in [2.05, 4.69) is 16.5 Å². The molecule has 2 aromatic rings. The summed E-state index contributed by atoms with van der Waals surface area (Å²) in [7, 11) is 1.66. The van der Waals surface area contributed by atoms with E-state index >= 15 is 0 Å². The number of methoxy groups -OCH3 is 1. The average molecular weight is 249 g/mol. The van der Waals surface area contributed by atoms with Crippen LogP contribution in [0.5, 0.6) is 5.75 Å². The Labute approximate surface area is 104 Å². The molecule has 0 aliphatic carbocycles. The molecule has 90 valence electrons. The molecule has 0 spiro atoms. The number of aryl methyl sites for hydroxylation is 1. The first kappa shape index (κ1) is 12.0. The number of hydrazine groups is 1. The Hall–Kier alpha value is -1.43. The molecule has 0 radical (unpaired) electrons. The second kappa shape index (κ2) is 5.27. The first-order valence-electron chi connectivity index (χ1n) is 5.25. The molecule has 2 aromatic heterocycles. The Morgan fingerprint density at radius 3 is 2.94 bits per heavy atom. The Morgan fingerprint density at radius 2 is 2.29 bits per heavy atom. The lowest BCUT2D eigenvalue weighted by atomic mass is 10.1. The summed E-state index contributed by atoms with van der Waals surface area (Å²) in [5.41, 5.74) is 4.96. The van der Waals surface area contributed by atoms with Crippen LogP contribution in [-0.4, -0.2) is 12.1 Å². The van der Waals surface area contributed by atoms with Gasteiger partial charge in [0.25, 0.3) is 0 Å². The highest BCUT2D eigenvalue weighted by atomic mass is 32.1. The van der Waals surface area contributed by atoms with E-state index in [9.17, 15) is 0 Å². The zero-order valence-corrected chi connectivity index (χ0v) is 10.6. The van der Waals surface area contributed by atoms with Crippen molar-refractivity contribution in [2.24, 2.45) is 5.84 Å². The Balaban J connectivity index is 2.40. The number of aromatic nitrogens is 1. The number of nitrogens with two attached hydrogens (primary N) is 1. The zero-order valence-electron chi connectivity index (χ0n) is 9.81. The largest absolute Gasteiger partial charge is 0.496 e. The topological polar surface area (TPSA) is 60.2 Å². The fourth-order valence-electron chi connectivity index (χ4n) is 1.75. The SMILES string of the molecule is COc1ccsc1C(NN)c1cncc(C)c1. The van der Waals surface area contributed by atoms with Crippen LogP contribution in [0.15, 0.2) is 29.9 Å². The molecule has 0 aromatic carbocycles. The van der Waals surface area contributed by atoms with Gasteiger partial charge in [-0.1, -0.05) is 6.07 Å². The fraction of sp³-hybridized carbons (Fsp3) is 0.250. The molecule has 1 atom stereocenters. The van der Waals surface area contributed by atoms with Gasteiger partial charge in [-0.05, 0) is 29.5 Å². The number of hydrogen-bond donors (Lipinski definition) is 2. The van der Waals surface area contributed by atoms with Crippen LogP contribution < -0.4 is 16.0 Å². The Kier molecular flexibility index (Phi) is 3.73. The minimum absolute atomic E-state index is 0.0858. The third kappa shape index (κ3) is 2.46. The van der Waals surface area contributed by atoms with Crippen LogP contribution in [0.1, 0.15) is 22.0 Å². The zero-order chi connectivity index (χ0) is 12.3. The van der Waals surface area contributed by atoms with Crippen LogP contribution in [0.25, 0.3) is 0 Å². The van der Waals surface area contributed by atoms with Crippen LogP contribution in [0, 0.1) is 6.92 Å². The third-order valence-corrected chi connectivity index (χ3v) is 3.50. The maximum Gasteiger partial charge on any atom is 0.134 e. The lowest BCUT2D eigenvalue weighted by Gasteiger charge is -2.16. The molecule has 17 heavy (non-hydrogen) atoms. The maximum atomic E-state index is 5.64. The summed E-state index contributed by atoms with van der Waals surface area (Å²) >= 11 is 1.61. The lowest BCUT2D eigenvalue weighted by molar-refractivity contribution is 0.407. The van der Waals surface area contributed by atoms with Crippen molar-refractivity contribution in [2.45, 2.75) is 13.0 Å². The molecule has 2 rings (SSSR count). The lowest BCUT2D eigenvalue weighted by Crippen LogP contribution is -2.28. The summed E-state index contributed by atoms with van der Waals surface area (Å²) in [6, 6.07) is 3.92. The molecule has 0 bridgehead atoms.